The number of benzene rings is 2. The van der Waals surface area contributed by atoms with Gasteiger partial charge in [0.2, 0.25) is 5.75 Å². The number of ether oxygens (including phenoxy) is 1. The first kappa shape index (κ1) is 17.9. The van der Waals surface area contributed by atoms with Crippen LogP contribution in [0.4, 0.5) is 4.39 Å². The third kappa shape index (κ3) is 3.06. The van der Waals surface area contributed by atoms with Crippen LogP contribution in [0.3, 0.4) is 0 Å². The van der Waals surface area contributed by atoms with E-state index in [0.29, 0.717) is 29.1 Å². The summed E-state index contributed by atoms with van der Waals surface area (Å²) in [6.07, 6.45) is 0.954. The highest BCUT2D eigenvalue weighted by Gasteiger charge is 2.49. The van der Waals surface area contributed by atoms with Gasteiger partial charge in [0.15, 0.2) is 22.3 Å². The molecular weight excluding hydrogens is 367 g/mol. The Morgan fingerprint density at radius 1 is 1.11 bits per heavy atom. The fourth-order valence-corrected chi connectivity index (χ4v) is 4.66. The number of aromatic hydroxyl groups is 2. The number of halogens is 1. The molecule has 4 N–H and O–H groups in total. The van der Waals surface area contributed by atoms with Crippen molar-refractivity contribution in [1.82, 2.24) is 10.6 Å². The summed E-state index contributed by atoms with van der Waals surface area (Å²) in [6, 6.07) is 9.64. The SMILES string of the molecule is CC1(C)C[C@@]2(C[C@@H](c3ccccc3F)c3ccc(O)c(O)c3O2)NC(=S)N1. The van der Waals surface area contributed by atoms with Crippen LogP contribution in [-0.2, 0) is 0 Å². The topological polar surface area (TPSA) is 73.8 Å². The van der Waals surface area contributed by atoms with Gasteiger partial charge < -0.3 is 25.6 Å². The van der Waals surface area contributed by atoms with E-state index in [1.54, 1.807) is 24.3 Å². The Hall–Kier alpha value is -2.54. The van der Waals surface area contributed by atoms with E-state index < -0.39 is 5.72 Å². The molecule has 0 bridgehead atoms. The smallest absolute Gasteiger partial charge is 0.200 e. The third-order valence-electron chi connectivity index (χ3n) is 5.15. The largest absolute Gasteiger partial charge is 0.504 e. The van der Waals surface area contributed by atoms with Crippen LogP contribution in [0.1, 0.15) is 43.7 Å². The Balaban J connectivity index is 1.89. The summed E-state index contributed by atoms with van der Waals surface area (Å²) < 4.78 is 20.8. The molecule has 0 amide bonds. The first-order chi connectivity index (χ1) is 12.7. The second kappa shape index (κ2) is 5.99. The molecule has 0 aromatic heterocycles. The van der Waals surface area contributed by atoms with E-state index in [1.807, 2.05) is 13.8 Å². The highest BCUT2D eigenvalue weighted by atomic mass is 32.1. The number of hydrogen-bond acceptors (Lipinski definition) is 4. The highest BCUT2D eigenvalue weighted by Crippen LogP contribution is 2.52. The molecule has 27 heavy (non-hydrogen) atoms. The van der Waals surface area contributed by atoms with E-state index in [1.165, 1.54) is 12.1 Å². The van der Waals surface area contributed by atoms with Crippen LogP contribution in [0, 0.1) is 5.82 Å². The third-order valence-corrected chi connectivity index (χ3v) is 5.35. The van der Waals surface area contributed by atoms with Crippen molar-refractivity contribution >= 4 is 17.3 Å². The minimum Gasteiger partial charge on any atom is -0.504 e. The zero-order valence-electron chi connectivity index (χ0n) is 15.0. The fourth-order valence-electron chi connectivity index (χ4n) is 4.20. The summed E-state index contributed by atoms with van der Waals surface area (Å²) in [5.74, 6) is -1.17. The summed E-state index contributed by atoms with van der Waals surface area (Å²) in [6.45, 7) is 4.00. The Kier molecular flexibility index (Phi) is 3.96. The van der Waals surface area contributed by atoms with Crippen LogP contribution in [0.25, 0.3) is 0 Å². The molecule has 2 atom stereocenters. The van der Waals surface area contributed by atoms with Crippen LogP contribution in [0.2, 0.25) is 0 Å². The lowest BCUT2D eigenvalue weighted by Gasteiger charge is -2.50. The Morgan fingerprint density at radius 2 is 1.85 bits per heavy atom. The Labute approximate surface area is 162 Å². The van der Waals surface area contributed by atoms with Gasteiger partial charge in [0, 0.05) is 29.9 Å². The van der Waals surface area contributed by atoms with Gasteiger partial charge in [-0.05, 0) is 43.8 Å². The lowest BCUT2D eigenvalue weighted by atomic mass is 9.77. The van der Waals surface area contributed by atoms with E-state index in [-0.39, 0.29) is 34.5 Å². The average molecular weight is 388 g/mol. The molecule has 1 saturated heterocycles. The van der Waals surface area contributed by atoms with Crippen molar-refractivity contribution in [2.45, 2.75) is 43.9 Å². The molecule has 1 fully saturated rings. The van der Waals surface area contributed by atoms with Crippen molar-refractivity contribution in [3.8, 4) is 17.2 Å². The Morgan fingerprint density at radius 3 is 2.56 bits per heavy atom. The number of nitrogens with one attached hydrogen (secondary N) is 2. The molecule has 0 unspecified atom stereocenters. The van der Waals surface area contributed by atoms with Crippen molar-refractivity contribution in [2.75, 3.05) is 0 Å². The van der Waals surface area contributed by atoms with Crippen LogP contribution in [0.5, 0.6) is 17.2 Å². The quantitative estimate of drug-likeness (QED) is 0.443. The predicted molar refractivity (Wildman–Crippen MR) is 104 cm³/mol. The number of thiocarbonyl (C=S) groups is 1. The molecule has 2 aliphatic rings. The second-order valence-corrected chi connectivity index (χ2v) is 8.27. The van der Waals surface area contributed by atoms with Gasteiger partial charge in [-0.25, -0.2) is 4.39 Å². The number of rotatable bonds is 1. The van der Waals surface area contributed by atoms with Gasteiger partial charge in [0.05, 0.1) is 0 Å². The van der Waals surface area contributed by atoms with Crippen LogP contribution < -0.4 is 15.4 Å². The molecular formula is C20H21FN2O3S. The molecule has 142 valence electrons. The molecule has 0 saturated carbocycles. The first-order valence-corrected chi connectivity index (χ1v) is 9.19. The molecule has 2 aliphatic heterocycles. The summed E-state index contributed by atoms with van der Waals surface area (Å²) in [5, 5.41) is 27.2. The van der Waals surface area contributed by atoms with E-state index in [0.717, 1.165) is 0 Å². The van der Waals surface area contributed by atoms with E-state index >= 15 is 0 Å². The zero-order valence-corrected chi connectivity index (χ0v) is 15.9. The first-order valence-electron chi connectivity index (χ1n) is 8.78. The fraction of sp³-hybridized carbons (Fsp3) is 0.350. The van der Waals surface area contributed by atoms with E-state index in [9.17, 15) is 14.6 Å². The van der Waals surface area contributed by atoms with Crippen LogP contribution in [0.15, 0.2) is 36.4 Å². The standard InChI is InChI=1S/C20H21FN2O3S/c1-19(2)10-20(23-18(27)22-19)9-13(11-5-3-4-6-14(11)21)12-7-8-15(24)16(25)17(12)26-20/h3-8,13,24-25H,9-10H2,1-2H3,(H2,22,23,27)/t13-,20-/m0/s1. The maximum atomic E-state index is 14.6. The Bertz CT molecular complexity index is 933. The number of phenols is 2. The maximum absolute atomic E-state index is 14.6. The molecule has 0 radical (unpaired) electrons. The number of hydrogen-bond donors (Lipinski definition) is 4. The van der Waals surface area contributed by atoms with Crippen LogP contribution in [-0.4, -0.2) is 26.6 Å². The summed E-state index contributed by atoms with van der Waals surface area (Å²) in [4.78, 5) is 0. The van der Waals surface area contributed by atoms with Gasteiger partial charge in [0.1, 0.15) is 5.82 Å². The van der Waals surface area contributed by atoms with Crippen molar-refractivity contribution in [3.05, 3.63) is 53.3 Å². The van der Waals surface area contributed by atoms with E-state index in [4.69, 9.17) is 17.0 Å². The molecule has 4 rings (SSSR count). The zero-order chi connectivity index (χ0) is 19.4. The van der Waals surface area contributed by atoms with Crippen molar-refractivity contribution in [3.63, 3.8) is 0 Å². The van der Waals surface area contributed by atoms with Crippen molar-refractivity contribution in [1.29, 1.82) is 0 Å². The highest BCUT2D eigenvalue weighted by molar-refractivity contribution is 7.80. The molecule has 0 aliphatic carbocycles. The van der Waals surface area contributed by atoms with Gasteiger partial charge in [-0.15, -0.1) is 0 Å². The summed E-state index contributed by atoms with van der Waals surface area (Å²) >= 11 is 5.36. The van der Waals surface area contributed by atoms with Crippen molar-refractivity contribution in [2.24, 2.45) is 0 Å². The van der Waals surface area contributed by atoms with Gasteiger partial charge >= 0.3 is 0 Å². The minimum absolute atomic E-state index is 0.155. The van der Waals surface area contributed by atoms with Gasteiger partial charge in [-0.1, -0.05) is 24.3 Å². The lowest BCUT2D eigenvalue weighted by molar-refractivity contribution is -0.0152. The number of fused-ring (bicyclic) bond motifs is 1. The number of phenolic OH excluding ortho intramolecular Hbond substituents is 2. The molecule has 5 nitrogen and oxygen atoms in total. The van der Waals surface area contributed by atoms with Crippen LogP contribution >= 0.6 is 12.2 Å². The monoisotopic (exact) mass is 388 g/mol. The average Bonchev–Trinajstić information content (AvgIpc) is 2.56. The predicted octanol–water partition coefficient (Wildman–Crippen LogP) is 3.49. The van der Waals surface area contributed by atoms with Crippen molar-refractivity contribution < 1.29 is 19.3 Å². The molecule has 7 heteroatoms. The molecule has 2 aromatic carbocycles. The maximum Gasteiger partial charge on any atom is 0.200 e. The van der Waals surface area contributed by atoms with Gasteiger partial charge in [-0.3, -0.25) is 0 Å². The van der Waals surface area contributed by atoms with Gasteiger partial charge in [-0.2, -0.15) is 0 Å². The normalized spacial score (nSPS) is 25.9. The second-order valence-electron chi connectivity index (χ2n) is 7.87. The molecule has 2 aromatic rings. The summed E-state index contributed by atoms with van der Waals surface area (Å²) in [5.41, 5.74) is -0.149. The molecule has 2 heterocycles. The van der Waals surface area contributed by atoms with Gasteiger partial charge in [0.25, 0.3) is 0 Å². The van der Waals surface area contributed by atoms with E-state index in [2.05, 4.69) is 10.6 Å². The minimum atomic E-state index is -0.933. The summed E-state index contributed by atoms with van der Waals surface area (Å²) in [7, 11) is 0. The molecule has 1 spiro atoms. The lowest BCUT2D eigenvalue weighted by Crippen LogP contribution is -2.69.